The topological polar surface area (TPSA) is 109 Å². The first kappa shape index (κ1) is 17.7. The highest BCUT2D eigenvalue weighted by molar-refractivity contribution is 6.02. The largest absolute Gasteiger partial charge is 0.444 e. The molecule has 0 aromatic carbocycles. The van der Waals surface area contributed by atoms with Gasteiger partial charge in [-0.3, -0.25) is 9.59 Å². The van der Waals surface area contributed by atoms with Gasteiger partial charge in [0.1, 0.15) is 11.6 Å². The summed E-state index contributed by atoms with van der Waals surface area (Å²) in [6.45, 7) is 6.75. The smallest absolute Gasteiger partial charge is 0.407 e. The second-order valence-corrected chi connectivity index (χ2v) is 7.76. The predicted molar refractivity (Wildman–Crippen MR) is 90.7 cm³/mol. The summed E-state index contributed by atoms with van der Waals surface area (Å²) >= 11 is 0. The van der Waals surface area contributed by atoms with Crippen molar-refractivity contribution in [1.29, 1.82) is 0 Å². The second-order valence-electron chi connectivity index (χ2n) is 7.76. The highest BCUT2D eigenvalue weighted by Gasteiger charge is 2.46. The number of nitrogens with one attached hydrogen (secondary N) is 4. The Morgan fingerprint density at radius 3 is 2.68 bits per heavy atom. The monoisotopic (exact) mass is 350 g/mol. The second kappa shape index (κ2) is 6.67. The van der Waals surface area contributed by atoms with Crippen molar-refractivity contribution in [3.63, 3.8) is 0 Å². The molecule has 8 nitrogen and oxygen atoms in total. The van der Waals surface area contributed by atoms with Crippen LogP contribution in [-0.2, 0) is 14.3 Å². The Kier molecular flexibility index (Phi) is 4.73. The van der Waals surface area contributed by atoms with Crippen LogP contribution in [0.15, 0.2) is 11.3 Å². The van der Waals surface area contributed by atoms with Gasteiger partial charge in [0.05, 0.1) is 0 Å². The van der Waals surface area contributed by atoms with Crippen molar-refractivity contribution in [1.82, 2.24) is 21.3 Å². The fourth-order valence-electron chi connectivity index (χ4n) is 3.62. The summed E-state index contributed by atoms with van der Waals surface area (Å²) in [6, 6.07) is -0.373. The molecule has 0 saturated carbocycles. The lowest BCUT2D eigenvalue weighted by atomic mass is 9.91. The highest BCUT2D eigenvalue weighted by atomic mass is 16.6. The zero-order chi connectivity index (χ0) is 18.2. The Hall–Kier alpha value is -2.09. The molecule has 4 N–H and O–H groups in total. The minimum absolute atomic E-state index is 0.0785. The number of hydrogen-bond acceptors (Lipinski definition) is 6. The summed E-state index contributed by atoms with van der Waals surface area (Å²) < 4.78 is 5.12. The molecule has 2 amide bonds. The van der Waals surface area contributed by atoms with E-state index in [2.05, 4.69) is 21.3 Å². The van der Waals surface area contributed by atoms with Gasteiger partial charge in [0.25, 0.3) is 0 Å². The number of ether oxygens (including phenoxy) is 1. The first-order valence-electron chi connectivity index (χ1n) is 8.76. The third kappa shape index (κ3) is 3.95. The maximum Gasteiger partial charge on any atom is 0.407 e. The minimum Gasteiger partial charge on any atom is -0.444 e. The van der Waals surface area contributed by atoms with E-state index in [9.17, 15) is 14.4 Å². The number of Topliss-reactive ketones (excluding diaryl/α,β-unsaturated/α-hetero) is 1. The predicted octanol–water partition coefficient (Wildman–Crippen LogP) is -0.196. The molecule has 1 fully saturated rings. The van der Waals surface area contributed by atoms with Gasteiger partial charge >= 0.3 is 6.09 Å². The number of carbonyl (C=O) groups excluding carboxylic acids is 3. The summed E-state index contributed by atoms with van der Waals surface area (Å²) in [7, 11) is 0. The number of hydrogen-bond donors (Lipinski definition) is 4. The summed E-state index contributed by atoms with van der Waals surface area (Å²) in [5, 5.41) is 11.9. The normalized spacial score (nSPS) is 27.6. The molecule has 0 unspecified atom stereocenters. The van der Waals surface area contributed by atoms with Crippen LogP contribution in [0.1, 0.15) is 33.6 Å². The van der Waals surface area contributed by atoms with E-state index in [4.69, 9.17) is 4.74 Å². The van der Waals surface area contributed by atoms with Crippen LogP contribution in [0, 0.1) is 5.92 Å². The maximum atomic E-state index is 12.4. The molecule has 0 aromatic rings. The Morgan fingerprint density at radius 2 is 1.96 bits per heavy atom. The van der Waals surface area contributed by atoms with Crippen molar-refractivity contribution in [3.8, 4) is 0 Å². The lowest BCUT2D eigenvalue weighted by Gasteiger charge is -2.30. The maximum absolute atomic E-state index is 12.4. The van der Waals surface area contributed by atoms with Crippen molar-refractivity contribution in [3.05, 3.63) is 11.3 Å². The molecule has 25 heavy (non-hydrogen) atoms. The zero-order valence-electron chi connectivity index (χ0n) is 14.9. The van der Waals surface area contributed by atoms with E-state index in [1.807, 2.05) is 0 Å². The molecular weight excluding hydrogens is 324 g/mol. The van der Waals surface area contributed by atoms with Crippen LogP contribution in [0.4, 0.5) is 4.79 Å². The van der Waals surface area contributed by atoms with Gasteiger partial charge in [-0.25, -0.2) is 4.79 Å². The number of fused-ring (bicyclic) bond motifs is 4. The Bertz CT molecular complexity index is 623. The SMILES string of the molecule is CC(C)(C)OC(=O)NCCNC(=O)[C@@H]1CC(=O)C2=C(N1)[C@@H]1C[C@H]2CN1. The van der Waals surface area contributed by atoms with E-state index in [0.29, 0.717) is 5.92 Å². The summed E-state index contributed by atoms with van der Waals surface area (Å²) in [5.74, 6) is 0.144. The molecule has 0 aromatic heterocycles. The third-order valence-corrected chi connectivity index (χ3v) is 4.61. The van der Waals surface area contributed by atoms with E-state index in [1.165, 1.54) is 0 Å². The number of amides is 2. The van der Waals surface area contributed by atoms with E-state index in [1.54, 1.807) is 20.8 Å². The fraction of sp³-hybridized carbons (Fsp3) is 0.706. The molecule has 3 aliphatic rings. The quantitative estimate of drug-likeness (QED) is 0.523. The molecule has 1 aliphatic carbocycles. The van der Waals surface area contributed by atoms with Crippen molar-refractivity contribution in [2.75, 3.05) is 19.6 Å². The van der Waals surface area contributed by atoms with Gasteiger partial charge in [0.15, 0.2) is 5.78 Å². The van der Waals surface area contributed by atoms with E-state index in [-0.39, 0.29) is 37.2 Å². The molecule has 0 radical (unpaired) electrons. The molecule has 2 bridgehead atoms. The third-order valence-electron chi connectivity index (χ3n) is 4.61. The lowest BCUT2D eigenvalue weighted by Crippen LogP contribution is -2.52. The van der Waals surface area contributed by atoms with Crippen LogP contribution in [0.2, 0.25) is 0 Å². The molecule has 1 saturated heterocycles. The summed E-state index contributed by atoms with van der Waals surface area (Å²) in [4.78, 5) is 36.2. The Labute approximate surface area is 147 Å². The van der Waals surface area contributed by atoms with Gasteiger partial charge in [-0.2, -0.15) is 0 Å². The lowest BCUT2D eigenvalue weighted by molar-refractivity contribution is -0.126. The van der Waals surface area contributed by atoms with Crippen LogP contribution in [0.3, 0.4) is 0 Å². The number of rotatable bonds is 4. The van der Waals surface area contributed by atoms with Gasteiger partial charge < -0.3 is 26.0 Å². The first-order valence-corrected chi connectivity index (χ1v) is 8.76. The standard InChI is InChI=1S/C17H26N4O4/c1-17(2,3)25-16(24)19-5-4-18-15(23)11-7-12(22)13-9-6-10(20-8-9)14(13)21-11/h9-11,20-21H,4-8H2,1-3H3,(H,18,23)(H,19,24)/t9-,10-,11-/m0/s1. The van der Waals surface area contributed by atoms with E-state index >= 15 is 0 Å². The van der Waals surface area contributed by atoms with Gasteiger partial charge in [-0.1, -0.05) is 0 Å². The van der Waals surface area contributed by atoms with Crippen molar-refractivity contribution in [2.24, 2.45) is 5.92 Å². The molecule has 3 rings (SSSR count). The van der Waals surface area contributed by atoms with Crippen LogP contribution >= 0.6 is 0 Å². The minimum atomic E-state index is -0.556. The van der Waals surface area contributed by atoms with Crippen LogP contribution in [0.5, 0.6) is 0 Å². The van der Waals surface area contributed by atoms with Crippen LogP contribution in [0.25, 0.3) is 0 Å². The van der Waals surface area contributed by atoms with Gasteiger partial charge in [0, 0.05) is 49.3 Å². The number of alkyl carbamates (subject to hydrolysis) is 1. The summed E-state index contributed by atoms with van der Waals surface area (Å²) in [6.07, 6.45) is 0.612. The fourth-order valence-corrected chi connectivity index (χ4v) is 3.62. The van der Waals surface area contributed by atoms with Crippen molar-refractivity contribution in [2.45, 2.75) is 51.3 Å². The molecule has 2 aliphatic heterocycles. The van der Waals surface area contributed by atoms with Gasteiger partial charge in [-0.15, -0.1) is 0 Å². The van der Waals surface area contributed by atoms with Gasteiger partial charge in [-0.05, 0) is 27.2 Å². The molecule has 2 heterocycles. The van der Waals surface area contributed by atoms with Crippen LogP contribution < -0.4 is 21.3 Å². The molecule has 0 spiro atoms. The Morgan fingerprint density at radius 1 is 1.24 bits per heavy atom. The zero-order valence-corrected chi connectivity index (χ0v) is 14.9. The first-order chi connectivity index (χ1) is 11.7. The van der Waals surface area contributed by atoms with Crippen LogP contribution in [-0.4, -0.2) is 55.1 Å². The highest BCUT2D eigenvalue weighted by Crippen LogP contribution is 2.39. The average Bonchev–Trinajstić information content (AvgIpc) is 3.11. The van der Waals surface area contributed by atoms with Crippen molar-refractivity contribution >= 4 is 17.8 Å². The molecule has 8 heteroatoms. The van der Waals surface area contributed by atoms with Gasteiger partial charge in [0.2, 0.25) is 5.91 Å². The summed E-state index contributed by atoms with van der Waals surface area (Å²) in [5.41, 5.74) is 1.23. The van der Waals surface area contributed by atoms with E-state index < -0.39 is 17.7 Å². The van der Waals surface area contributed by atoms with Crippen molar-refractivity contribution < 1.29 is 19.1 Å². The molecular formula is C17H26N4O4. The molecule has 3 atom stereocenters. The molecule has 138 valence electrons. The average molecular weight is 350 g/mol. The number of carbonyl (C=O) groups is 3. The Balaban J connectivity index is 1.43. The van der Waals surface area contributed by atoms with E-state index in [0.717, 1.165) is 24.2 Å². The number of ketones is 1.